The Kier molecular flexibility index (Phi) is 8.43. The molecule has 4 rings (SSSR count). The molecule has 0 radical (unpaired) electrons. The van der Waals surface area contributed by atoms with Gasteiger partial charge in [0.25, 0.3) is 0 Å². The van der Waals surface area contributed by atoms with Crippen LogP contribution in [0.25, 0.3) is 10.9 Å². The zero-order valence-corrected chi connectivity index (χ0v) is 21.5. The summed E-state index contributed by atoms with van der Waals surface area (Å²) in [5.74, 6) is 1.05. The zero-order valence-electron chi connectivity index (χ0n) is 20.7. The van der Waals surface area contributed by atoms with Crippen LogP contribution < -0.4 is 20.1 Å². The van der Waals surface area contributed by atoms with Gasteiger partial charge in [0.2, 0.25) is 5.91 Å². The average Bonchev–Trinajstić information content (AvgIpc) is 2.86. The van der Waals surface area contributed by atoms with Gasteiger partial charge in [-0.05, 0) is 50.6 Å². The highest BCUT2D eigenvalue weighted by Crippen LogP contribution is 2.36. The van der Waals surface area contributed by atoms with E-state index in [1.807, 2.05) is 31.0 Å². The van der Waals surface area contributed by atoms with Crippen LogP contribution in [0.1, 0.15) is 38.7 Å². The Balaban J connectivity index is 1.80. The number of likely N-dealkylation sites (N-methyl/N-ethyl adjacent to an activating group) is 1. The molecule has 1 aliphatic rings. The molecule has 8 nitrogen and oxygen atoms in total. The number of unbranched alkanes of at least 4 members (excludes halogenated alkanes) is 1. The molecule has 2 heterocycles. The second-order valence-electron chi connectivity index (χ2n) is 8.87. The zero-order chi connectivity index (χ0) is 25.7. The number of nitrogens with zero attached hydrogens (tertiary/aromatic N) is 3. The van der Waals surface area contributed by atoms with E-state index in [0.717, 1.165) is 18.2 Å². The fourth-order valence-corrected chi connectivity index (χ4v) is 4.06. The molecule has 1 unspecified atom stereocenters. The molecule has 1 atom stereocenters. The molecule has 0 aliphatic carbocycles. The molecule has 36 heavy (non-hydrogen) atoms. The van der Waals surface area contributed by atoms with Crippen molar-refractivity contribution in [2.45, 2.75) is 45.7 Å². The van der Waals surface area contributed by atoms with Gasteiger partial charge in [0.15, 0.2) is 11.5 Å². The lowest BCUT2D eigenvalue weighted by Crippen LogP contribution is -2.43. The van der Waals surface area contributed by atoms with Gasteiger partial charge in [-0.3, -0.25) is 9.69 Å². The Labute approximate surface area is 215 Å². The fourth-order valence-electron chi connectivity index (χ4n) is 3.90. The lowest BCUT2D eigenvalue weighted by atomic mass is 10.1. The smallest absolute Gasteiger partial charge is 0.237 e. The first kappa shape index (κ1) is 25.9. The van der Waals surface area contributed by atoms with Crippen LogP contribution in [0.15, 0.2) is 30.6 Å². The Morgan fingerprint density at radius 2 is 2.11 bits per heavy atom. The number of halogens is 2. The summed E-state index contributed by atoms with van der Waals surface area (Å²) in [5, 5.41) is 6.96. The van der Waals surface area contributed by atoms with E-state index in [0.29, 0.717) is 66.8 Å². The third-order valence-corrected chi connectivity index (χ3v) is 6.48. The molecule has 10 heteroatoms. The van der Waals surface area contributed by atoms with Crippen molar-refractivity contribution in [3.05, 3.63) is 47.0 Å². The first-order valence-electron chi connectivity index (χ1n) is 12.1. The summed E-state index contributed by atoms with van der Waals surface area (Å²) in [6.07, 6.45) is 4.01. The van der Waals surface area contributed by atoms with Crippen molar-refractivity contribution in [1.29, 1.82) is 0 Å². The fraction of sp³-hybridized carbons (Fsp3) is 0.423. The molecule has 2 aromatic carbocycles. The number of carbonyl (C=O) groups excluding carboxylic acids is 1. The molecule has 1 aromatic heterocycles. The Morgan fingerprint density at radius 3 is 2.92 bits per heavy atom. The van der Waals surface area contributed by atoms with Gasteiger partial charge in [0.05, 0.1) is 29.8 Å². The van der Waals surface area contributed by atoms with Gasteiger partial charge in [0, 0.05) is 30.2 Å². The van der Waals surface area contributed by atoms with Gasteiger partial charge in [-0.2, -0.15) is 0 Å². The van der Waals surface area contributed by atoms with E-state index in [4.69, 9.17) is 21.1 Å². The summed E-state index contributed by atoms with van der Waals surface area (Å²) < 4.78 is 26.5. The summed E-state index contributed by atoms with van der Waals surface area (Å²) in [6.45, 7) is 5.66. The molecule has 0 saturated carbocycles. The summed E-state index contributed by atoms with van der Waals surface area (Å²) in [5.41, 5.74) is 1.90. The van der Waals surface area contributed by atoms with Crippen LogP contribution in [0.3, 0.4) is 0 Å². The summed E-state index contributed by atoms with van der Waals surface area (Å²) in [7, 11) is 1.82. The SMILES string of the molecule is CCCCOc1cc2ncnc3c2cc1OCCCNC(=O)C(C)N(C)Cc1cc(F)c(Cl)cc1N3. The third kappa shape index (κ3) is 5.96. The van der Waals surface area contributed by atoms with E-state index in [9.17, 15) is 9.18 Å². The Morgan fingerprint density at radius 1 is 1.28 bits per heavy atom. The molecular weight excluding hydrogens is 485 g/mol. The molecule has 1 aliphatic heterocycles. The van der Waals surface area contributed by atoms with Gasteiger partial charge in [-0.15, -0.1) is 0 Å². The van der Waals surface area contributed by atoms with Crippen molar-refractivity contribution < 1.29 is 18.7 Å². The second kappa shape index (κ2) is 11.7. The molecule has 2 bridgehead atoms. The number of fused-ring (bicyclic) bond motifs is 2. The highest BCUT2D eigenvalue weighted by molar-refractivity contribution is 6.31. The van der Waals surface area contributed by atoms with Crippen molar-refractivity contribution in [2.75, 3.05) is 32.1 Å². The largest absolute Gasteiger partial charge is 0.490 e. The predicted molar refractivity (Wildman–Crippen MR) is 139 cm³/mol. The number of ether oxygens (including phenoxy) is 2. The number of aromatic nitrogens is 2. The number of anilines is 2. The highest BCUT2D eigenvalue weighted by atomic mass is 35.5. The minimum absolute atomic E-state index is 0.0157. The van der Waals surface area contributed by atoms with Crippen molar-refractivity contribution >= 4 is 39.9 Å². The maximum Gasteiger partial charge on any atom is 0.237 e. The monoisotopic (exact) mass is 515 g/mol. The molecule has 3 aromatic rings. The number of hydrogen-bond donors (Lipinski definition) is 2. The number of hydrogen-bond acceptors (Lipinski definition) is 7. The topological polar surface area (TPSA) is 88.6 Å². The average molecular weight is 516 g/mol. The maximum atomic E-state index is 14.4. The summed E-state index contributed by atoms with van der Waals surface area (Å²) in [4.78, 5) is 23.4. The first-order chi connectivity index (χ1) is 17.4. The van der Waals surface area contributed by atoms with Gasteiger partial charge < -0.3 is 20.1 Å². The quantitative estimate of drug-likeness (QED) is 0.469. The lowest BCUT2D eigenvalue weighted by molar-refractivity contribution is -0.125. The number of nitrogens with one attached hydrogen (secondary N) is 2. The molecule has 2 N–H and O–H groups in total. The lowest BCUT2D eigenvalue weighted by Gasteiger charge is -2.25. The van der Waals surface area contributed by atoms with Gasteiger partial charge in [0.1, 0.15) is 18.0 Å². The number of benzene rings is 2. The van der Waals surface area contributed by atoms with Gasteiger partial charge in [-0.1, -0.05) is 24.9 Å². The van der Waals surface area contributed by atoms with Crippen LogP contribution in [-0.4, -0.2) is 53.6 Å². The van der Waals surface area contributed by atoms with E-state index >= 15 is 0 Å². The van der Waals surface area contributed by atoms with Crippen LogP contribution in [0.5, 0.6) is 11.5 Å². The molecule has 0 spiro atoms. The normalized spacial score (nSPS) is 17.2. The van der Waals surface area contributed by atoms with Crippen molar-refractivity contribution in [1.82, 2.24) is 20.2 Å². The van der Waals surface area contributed by atoms with Crippen molar-refractivity contribution in [3.63, 3.8) is 0 Å². The van der Waals surface area contributed by atoms with Crippen LogP contribution in [-0.2, 0) is 11.3 Å². The van der Waals surface area contributed by atoms with Crippen molar-refractivity contribution in [3.8, 4) is 11.5 Å². The van der Waals surface area contributed by atoms with Crippen molar-refractivity contribution in [2.24, 2.45) is 0 Å². The summed E-state index contributed by atoms with van der Waals surface area (Å²) >= 11 is 6.14. The van der Waals surface area contributed by atoms with Crippen LogP contribution >= 0.6 is 11.6 Å². The Bertz CT molecular complexity index is 1240. The molecular formula is C26H31ClFN5O3. The second-order valence-corrected chi connectivity index (χ2v) is 9.28. The van der Waals surface area contributed by atoms with Gasteiger partial charge >= 0.3 is 0 Å². The third-order valence-electron chi connectivity index (χ3n) is 6.19. The standard InChI is InChI=1S/C26H31ClFN5O3/c1-4-5-8-35-24-13-22-18-11-23(24)36-9-6-7-29-26(34)16(2)33(3)14-17-10-20(28)19(27)12-21(17)32-25(18)31-15-30-22/h10-13,15-16H,4-9,14H2,1-3H3,(H,29,34)(H,30,31,32). The molecule has 1 amide bonds. The van der Waals surface area contributed by atoms with Crippen LogP contribution in [0, 0.1) is 5.82 Å². The van der Waals surface area contributed by atoms with Crippen LogP contribution in [0.2, 0.25) is 5.02 Å². The van der Waals surface area contributed by atoms with E-state index in [1.165, 1.54) is 18.5 Å². The molecule has 0 saturated heterocycles. The van der Waals surface area contributed by atoms with Gasteiger partial charge in [-0.25, -0.2) is 14.4 Å². The molecule has 192 valence electrons. The number of carbonyl (C=O) groups is 1. The molecule has 0 fully saturated rings. The number of amides is 1. The van der Waals surface area contributed by atoms with E-state index in [1.54, 1.807) is 0 Å². The minimum Gasteiger partial charge on any atom is -0.490 e. The maximum absolute atomic E-state index is 14.4. The first-order valence-corrected chi connectivity index (χ1v) is 12.5. The summed E-state index contributed by atoms with van der Waals surface area (Å²) in [6, 6.07) is 6.17. The Hall–Kier alpha value is -3.17. The van der Waals surface area contributed by atoms with E-state index < -0.39 is 11.9 Å². The predicted octanol–water partition coefficient (Wildman–Crippen LogP) is 5.06. The minimum atomic E-state index is -0.533. The van der Waals surface area contributed by atoms with E-state index in [-0.39, 0.29) is 10.9 Å². The van der Waals surface area contributed by atoms with Crippen LogP contribution in [0.4, 0.5) is 15.9 Å². The number of rotatable bonds is 4. The van der Waals surface area contributed by atoms with E-state index in [2.05, 4.69) is 27.5 Å². The highest BCUT2D eigenvalue weighted by Gasteiger charge is 2.21.